The van der Waals surface area contributed by atoms with E-state index in [1.165, 1.54) is 0 Å². The first-order valence-electron chi connectivity index (χ1n) is 2.10. The van der Waals surface area contributed by atoms with Gasteiger partial charge in [0, 0.05) is 13.0 Å². The van der Waals surface area contributed by atoms with Crippen molar-refractivity contribution in [1.82, 2.24) is 0 Å². The molecule has 0 heterocycles. The molecule has 7 heteroatoms. The second kappa shape index (κ2) is 22.5. The van der Waals surface area contributed by atoms with Gasteiger partial charge < -0.3 is 10.2 Å². The third-order valence-electron chi connectivity index (χ3n) is 0.549. The van der Waals surface area contributed by atoms with Gasteiger partial charge in [-0.3, -0.25) is 4.79 Å². The summed E-state index contributed by atoms with van der Waals surface area (Å²) in [6.45, 7) is -0.0354. The van der Waals surface area contributed by atoms with E-state index in [0.717, 1.165) is 0 Å². The quantitative estimate of drug-likeness (QED) is 0.726. The zero-order valence-electron chi connectivity index (χ0n) is 5.56. The first kappa shape index (κ1) is 29.4. The fraction of sp³-hybridized carbons (Fsp3) is 0.750. The monoisotopic (exact) mass is 424 g/mol. The van der Waals surface area contributed by atoms with Crippen molar-refractivity contribution in [2.45, 2.75) is 12.8 Å². The van der Waals surface area contributed by atoms with E-state index >= 15 is 0 Å². The molecular formula is C4H12Br4O3. The van der Waals surface area contributed by atoms with Gasteiger partial charge in [-0.25, -0.2) is 0 Å². The molecule has 0 fully saturated rings. The number of carboxylic acids is 1. The number of carboxylic acid groups (broad SMARTS) is 1. The summed E-state index contributed by atoms with van der Waals surface area (Å²) in [7, 11) is 0. The highest BCUT2D eigenvalue weighted by Gasteiger charge is 1.91. The highest BCUT2D eigenvalue weighted by molar-refractivity contribution is 8.93. The molecule has 0 saturated carbocycles. The van der Waals surface area contributed by atoms with Crippen molar-refractivity contribution in [3.63, 3.8) is 0 Å². The highest BCUT2D eigenvalue weighted by Crippen LogP contribution is 1.83. The predicted molar refractivity (Wildman–Crippen MR) is 65.2 cm³/mol. The van der Waals surface area contributed by atoms with Crippen molar-refractivity contribution in [3.05, 3.63) is 0 Å². The van der Waals surface area contributed by atoms with Crippen LogP contribution in [0, 0.1) is 0 Å². The van der Waals surface area contributed by atoms with Crippen LogP contribution in [0.25, 0.3) is 0 Å². The average Bonchev–Trinajstić information content (AvgIpc) is 1.61. The van der Waals surface area contributed by atoms with E-state index < -0.39 is 5.97 Å². The maximum absolute atomic E-state index is 9.65. The van der Waals surface area contributed by atoms with Crippen LogP contribution in [0.1, 0.15) is 12.8 Å². The summed E-state index contributed by atoms with van der Waals surface area (Å²) in [5.74, 6) is -0.853. The van der Waals surface area contributed by atoms with Crippen molar-refractivity contribution in [2.75, 3.05) is 6.61 Å². The van der Waals surface area contributed by atoms with Crippen molar-refractivity contribution in [2.24, 2.45) is 0 Å². The Morgan fingerprint density at radius 2 is 1.45 bits per heavy atom. The van der Waals surface area contributed by atoms with Gasteiger partial charge in [0.15, 0.2) is 0 Å². The summed E-state index contributed by atoms with van der Waals surface area (Å²) in [6, 6.07) is 0. The minimum absolute atomic E-state index is 0. The Morgan fingerprint density at radius 1 is 1.09 bits per heavy atom. The Kier molecular flexibility index (Phi) is 60.3. The first-order chi connectivity index (χ1) is 3.27. The summed E-state index contributed by atoms with van der Waals surface area (Å²) in [5, 5.41) is 16.0. The lowest BCUT2D eigenvalue weighted by Gasteiger charge is -1.85. The van der Waals surface area contributed by atoms with Crippen molar-refractivity contribution >= 4 is 73.9 Å². The summed E-state index contributed by atoms with van der Waals surface area (Å²) in [6.07, 6.45) is 0.422. The van der Waals surface area contributed by atoms with Crippen LogP contribution in [-0.2, 0) is 4.79 Å². The number of aliphatic hydroxyl groups excluding tert-OH is 1. The molecule has 0 unspecified atom stereocenters. The smallest absolute Gasteiger partial charge is 0.303 e. The summed E-state index contributed by atoms with van der Waals surface area (Å²) < 4.78 is 0. The first-order valence-corrected chi connectivity index (χ1v) is 2.10. The number of aliphatic hydroxyl groups is 1. The molecule has 11 heavy (non-hydrogen) atoms. The number of halogens is 4. The standard InChI is InChI=1S/C4H8O3.4BrH/c5-3-1-2-4(6)7;;;;/h5H,1-3H2,(H,6,7);4*1H. The van der Waals surface area contributed by atoms with Crippen LogP contribution < -0.4 is 0 Å². The normalized spacial score (nSPS) is 5.55. The molecule has 0 aromatic carbocycles. The van der Waals surface area contributed by atoms with Crippen LogP contribution in [0.5, 0.6) is 0 Å². The lowest BCUT2D eigenvalue weighted by atomic mass is 10.3. The van der Waals surface area contributed by atoms with Gasteiger partial charge in [0.25, 0.3) is 0 Å². The fourth-order valence-corrected chi connectivity index (χ4v) is 0.230. The third-order valence-corrected chi connectivity index (χ3v) is 0.549. The van der Waals surface area contributed by atoms with E-state index in [-0.39, 0.29) is 81.0 Å². The maximum atomic E-state index is 9.65. The summed E-state index contributed by atoms with van der Waals surface area (Å²) >= 11 is 0. The number of rotatable bonds is 3. The van der Waals surface area contributed by atoms with Gasteiger partial charge in [-0.2, -0.15) is 0 Å². The van der Waals surface area contributed by atoms with Gasteiger partial charge in [-0.05, 0) is 6.42 Å². The third kappa shape index (κ3) is 34.7. The van der Waals surface area contributed by atoms with Crippen LogP contribution >= 0.6 is 67.9 Å². The van der Waals surface area contributed by atoms with Gasteiger partial charge >= 0.3 is 5.97 Å². The lowest BCUT2D eigenvalue weighted by molar-refractivity contribution is -0.137. The molecule has 2 N–H and O–H groups in total. The Hall–Kier alpha value is 1.35. The molecule has 74 valence electrons. The minimum Gasteiger partial charge on any atom is -0.481 e. The van der Waals surface area contributed by atoms with Crippen LogP contribution in [-0.4, -0.2) is 22.8 Å². The van der Waals surface area contributed by atoms with Crippen molar-refractivity contribution in [3.8, 4) is 0 Å². The van der Waals surface area contributed by atoms with Crippen LogP contribution in [0.3, 0.4) is 0 Å². The number of hydrogen-bond acceptors (Lipinski definition) is 2. The molecule has 0 aliphatic heterocycles. The SMILES string of the molecule is Br.Br.Br.Br.O=C(O)CCCO. The number of hydrogen-bond donors (Lipinski definition) is 2. The van der Waals surface area contributed by atoms with Crippen LogP contribution in [0.2, 0.25) is 0 Å². The molecule has 0 radical (unpaired) electrons. The topological polar surface area (TPSA) is 57.5 Å². The minimum atomic E-state index is -0.853. The molecule has 0 saturated heterocycles. The van der Waals surface area contributed by atoms with Gasteiger partial charge in [0.2, 0.25) is 0 Å². The molecule has 0 bridgehead atoms. The second-order valence-electron chi connectivity index (χ2n) is 1.22. The van der Waals surface area contributed by atoms with Gasteiger partial charge in [-0.1, -0.05) is 0 Å². The van der Waals surface area contributed by atoms with Crippen molar-refractivity contribution in [1.29, 1.82) is 0 Å². The molecule has 0 aliphatic carbocycles. The van der Waals surface area contributed by atoms with Crippen LogP contribution in [0.15, 0.2) is 0 Å². The molecule has 0 amide bonds. The Labute approximate surface area is 108 Å². The average molecular weight is 428 g/mol. The predicted octanol–water partition coefficient (Wildman–Crippen LogP) is 2.16. The molecule has 0 aromatic rings. The Morgan fingerprint density at radius 3 is 1.55 bits per heavy atom. The van der Waals surface area contributed by atoms with Crippen LogP contribution in [0.4, 0.5) is 0 Å². The Balaban J connectivity index is -0.0000000300. The van der Waals surface area contributed by atoms with E-state index in [0.29, 0.717) is 6.42 Å². The van der Waals surface area contributed by atoms with Gasteiger partial charge in [0.1, 0.15) is 0 Å². The maximum Gasteiger partial charge on any atom is 0.303 e. The lowest BCUT2D eigenvalue weighted by Crippen LogP contribution is -1.95. The summed E-state index contributed by atoms with van der Waals surface area (Å²) in [4.78, 5) is 9.65. The molecule has 0 aromatic heterocycles. The highest BCUT2D eigenvalue weighted by atomic mass is 79.9. The second-order valence-corrected chi connectivity index (χ2v) is 1.22. The van der Waals surface area contributed by atoms with E-state index in [4.69, 9.17) is 10.2 Å². The van der Waals surface area contributed by atoms with Crippen molar-refractivity contribution < 1.29 is 15.0 Å². The van der Waals surface area contributed by atoms with Gasteiger partial charge in [-0.15, -0.1) is 67.9 Å². The van der Waals surface area contributed by atoms with E-state index in [1.54, 1.807) is 0 Å². The molecule has 0 spiro atoms. The largest absolute Gasteiger partial charge is 0.481 e. The molecular weight excluding hydrogens is 416 g/mol. The summed E-state index contributed by atoms with van der Waals surface area (Å²) in [5.41, 5.74) is 0. The number of carbonyl (C=O) groups is 1. The van der Waals surface area contributed by atoms with E-state index in [2.05, 4.69) is 0 Å². The zero-order valence-corrected chi connectivity index (χ0v) is 12.4. The van der Waals surface area contributed by atoms with E-state index in [1.807, 2.05) is 0 Å². The van der Waals surface area contributed by atoms with E-state index in [9.17, 15) is 4.79 Å². The van der Waals surface area contributed by atoms with Gasteiger partial charge in [0.05, 0.1) is 0 Å². The fourth-order valence-electron chi connectivity index (χ4n) is 0.230. The molecule has 0 aliphatic rings. The zero-order chi connectivity index (χ0) is 5.70. The Bertz CT molecular complexity index is 70.4. The molecule has 0 atom stereocenters. The number of aliphatic carboxylic acids is 1. The molecule has 0 rings (SSSR count). The molecule has 3 nitrogen and oxygen atoms in total.